The molecule has 0 saturated carbocycles. The summed E-state index contributed by atoms with van der Waals surface area (Å²) in [6.45, 7) is 2.02. The van der Waals surface area contributed by atoms with Gasteiger partial charge in [-0.25, -0.2) is 0 Å². The van der Waals surface area contributed by atoms with Crippen LogP contribution >= 0.6 is 11.6 Å². The predicted molar refractivity (Wildman–Crippen MR) is 82.3 cm³/mol. The molecule has 1 heterocycles. The maximum Gasteiger partial charge on any atom is 0.229 e. The summed E-state index contributed by atoms with van der Waals surface area (Å²) in [5.74, 6) is 2.35. The third-order valence-electron chi connectivity index (χ3n) is 3.06. The average Bonchev–Trinajstić information content (AvgIpc) is 2.89. The van der Waals surface area contributed by atoms with Crippen molar-refractivity contribution in [2.75, 3.05) is 0 Å². The molecule has 0 atom stereocenters. The second-order valence-electron chi connectivity index (χ2n) is 4.49. The summed E-state index contributed by atoms with van der Waals surface area (Å²) in [5, 5.41) is 8.33. The van der Waals surface area contributed by atoms with Crippen molar-refractivity contribution >= 4 is 11.6 Å². The normalized spacial score (nSPS) is 10.6. The molecule has 0 unspecified atom stereocenters. The number of benzene rings is 2. The van der Waals surface area contributed by atoms with Crippen molar-refractivity contribution in [1.82, 2.24) is 14.8 Å². The van der Waals surface area contributed by atoms with E-state index in [9.17, 15) is 0 Å². The molecule has 3 aromatic rings. The summed E-state index contributed by atoms with van der Waals surface area (Å²) in [6.07, 6.45) is 0.753. The van der Waals surface area contributed by atoms with Gasteiger partial charge in [-0.3, -0.25) is 4.57 Å². The van der Waals surface area contributed by atoms with E-state index < -0.39 is 0 Å². The SMILES string of the molecule is CCc1nnc(Cl)n1-c1cccc(Oc2ccccc2)c1. The first-order valence-electron chi connectivity index (χ1n) is 6.71. The molecule has 0 saturated heterocycles. The Kier molecular flexibility index (Phi) is 3.88. The summed E-state index contributed by atoms with van der Waals surface area (Å²) in [6, 6.07) is 17.3. The Labute approximate surface area is 128 Å². The molecule has 0 fully saturated rings. The Balaban J connectivity index is 1.95. The van der Waals surface area contributed by atoms with Crippen LogP contribution in [0.2, 0.25) is 5.28 Å². The Morgan fingerprint density at radius 2 is 1.76 bits per heavy atom. The second kappa shape index (κ2) is 5.97. The Hall–Kier alpha value is -2.33. The summed E-state index contributed by atoms with van der Waals surface area (Å²) >= 11 is 6.12. The lowest BCUT2D eigenvalue weighted by Crippen LogP contribution is -2.00. The van der Waals surface area contributed by atoms with E-state index in [4.69, 9.17) is 16.3 Å². The fraction of sp³-hybridized carbons (Fsp3) is 0.125. The van der Waals surface area contributed by atoms with Gasteiger partial charge in [-0.15, -0.1) is 10.2 Å². The van der Waals surface area contributed by atoms with E-state index in [1.807, 2.05) is 66.1 Å². The van der Waals surface area contributed by atoms with Crippen LogP contribution in [0.15, 0.2) is 54.6 Å². The van der Waals surface area contributed by atoms with Crippen LogP contribution in [0.4, 0.5) is 0 Å². The van der Waals surface area contributed by atoms with Crippen LogP contribution < -0.4 is 4.74 Å². The minimum atomic E-state index is 0.351. The van der Waals surface area contributed by atoms with E-state index in [1.54, 1.807) is 0 Å². The number of halogens is 1. The number of aryl methyl sites for hydroxylation is 1. The highest BCUT2D eigenvalue weighted by Gasteiger charge is 2.11. The number of para-hydroxylation sites is 1. The van der Waals surface area contributed by atoms with Gasteiger partial charge < -0.3 is 4.74 Å². The molecule has 4 nitrogen and oxygen atoms in total. The van der Waals surface area contributed by atoms with Crippen LogP contribution in [0.25, 0.3) is 5.69 Å². The van der Waals surface area contributed by atoms with Gasteiger partial charge in [-0.05, 0) is 35.9 Å². The molecule has 0 aliphatic rings. The molecule has 106 valence electrons. The first-order chi connectivity index (χ1) is 10.3. The van der Waals surface area contributed by atoms with Crippen LogP contribution in [0.1, 0.15) is 12.7 Å². The van der Waals surface area contributed by atoms with E-state index in [-0.39, 0.29) is 0 Å². The number of rotatable bonds is 4. The van der Waals surface area contributed by atoms with Gasteiger partial charge >= 0.3 is 0 Å². The van der Waals surface area contributed by atoms with Crippen molar-refractivity contribution in [2.45, 2.75) is 13.3 Å². The molecule has 3 rings (SSSR count). The lowest BCUT2D eigenvalue weighted by Gasteiger charge is -2.10. The quantitative estimate of drug-likeness (QED) is 0.722. The summed E-state index contributed by atoms with van der Waals surface area (Å²) < 4.78 is 7.65. The molecule has 5 heteroatoms. The van der Waals surface area contributed by atoms with Crippen molar-refractivity contribution in [2.24, 2.45) is 0 Å². The zero-order valence-corrected chi connectivity index (χ0v) is 12.3. The van der Waals surface area contributed by atoms with Crippen molar-refractivity contribution < 1.29 is 4.74 Å². The molecular weight excluding hydrogens is 286 g/mol. The summed E-state index contributed by atoms with van der Waals surface area (Å²) in [4.78, 5) is 0. The zero-order chi connectivity index (χ0) is 14.7. The first-order valence-corrected chi connectivity index (χ1v) is 7.09. The highest BCUT2D eigenvalue weighted by Crippen LogP contribution is 2.25. The fourth-order valence-corrected chi connectivity index (χ4v) is 2.32. The molecule has 21 heavy (non-hydrogen) atoms. The minimum Gasteiger partial charge on any atom is -0.457 e. The van der Waals surface area contributed by atoms with Crippen molar-refractivity contribution in [3.63, 3.8) is 0 Å². The molecular formula is C16H14ClN3O. The Morgan fingerprint density at radius 1 is 1.00 bits per heavy atom. The topological polar surface area (TPSA) is 39.9 Å². The van der Waals surface area contributed by atoms with E-state index in [0.29, 0.717) is 5.28 Å². The molecule has 0 radical (unpaired) electrons. The van der Waals surface area contributed by atoms with Crippen LogP contribution in [-0.4, -0.2) is 14.8 Å². The molecule has 1 aromatic heterocycles. The van der Waals surface area contributed by atoms with Gasteiger partial charge in [0.25, 0.3) is 0 Å². The molecule has 0 amide bonds. The standard InChI is InChI=1S/C16H14ClN3O/c1-2-15-18-19-16(17)20(15)12-7-6-10-14(11-12)21-13-8-4-3-5-9-13/h3-11H,2H2,1H3. The maximum atomic E-state index is 6.12. The largest absolute Gasteiger partial charge is 0.457 e. The molecule has 0 aliphatic heterocycles. The molecule has 0 N–H and O–H groups in total. The van der Waals surface area contributed by atoms with E-state index in [0.717, 1.165) is 29.4 Å². The van der Waals surface area contributed by atoms with Gasteiger partial charge in [-0.2, -0.15) is 0 Å². The van der Waals surface area contributed by atoms with Gasteiger partial charge in [0, 0.05) is 12.5 Å². The van der Waals surface area contributed by atoms with E-state index in [1.165, 1.54) is 0 Å². The highest BCUT2D eigenvalue weighted by atomic mass is 35.5. The second-order valence-corrected chi connectivity index (χ2v) is 4.82. The number of hydrogen-bond donors (Lipinski definition) is 0. The number of ether oxygens (including phenoxy) is 1. The Bertz CT molecular complexity index is 740. The molecule has 0 bridgehead atoms. The van der Waals surface area contributed by atoms with Gasteiger partial charge in [-0.1, -0.05) is 31.2 Å². The van der Waals surface area contributed by atoms with E-state index in [2.05, 4.69) is 10.2 Å². The lowest BCUT2D eigenvalue weighted by molar-refractivity contribution is 0.482. The highest BCUT2D eigenvalue weighted by molar-refractivity contribution is 6.28. The minimum absolute atomic E-state index is 0.351. The van der Waals surface area contributed by atoms with Crippen molar-refractivity contribution in [3.8, 4) is 17.2 Å². The number of hydrogen-bond acceptors (Lipinski definition) is 3. The van der Waals surface area contributed by atoms with Gasteiger partial charge in [0.05, 0.1) is 5.69 Å². The monoisotopic (exact) mass is 299 g/mol. The van der Waals surface area contributed by atoms with Gasteiger partial charge in [0.2, 0.25) is 5.28 Å². The molecule has 2 aromatic carbocycles. The molecule has 0 spiro atoms. The average molecular weight is 300 g/mol. The maximum absolute atomic E-state index is 6.12. The van der Waals surface area contributed by atoms with Crippen LogP contribution in [0.3, 0.4) is 0 Å². The lowest BCUT2D eigenvalue weighted by atomic mass is 10.3. The fourth-order valence-electron chi connectivity index (χ4n) is 2.09. The van der Waals surface area contributed by atoms with E-state index >= 15 is 0 Å². The first kappa shape index (κ1) is 13.6. The smallest absolute Gasteiger partial charge is 0.229 e. The Morgan fingerprint density at radius 3 is 2.52 bits per heavy atom. The van der Waals surface area contributed by atoms with Crippen molar-refractivity contribution in [1.29, 1.82) is 0 Å². The number of nitrogens with zero attached hydrogens (tertiary/aromatic N) is 3. The summed E-state index contributed by atoms with van der Waals surface area (Å²) in [5.41, 5.74) is 0.885. The predicted octanol–water partition coefficient (Wildman–Crippen LogP) is 4.28. The van der Waals surface area contributed by atoms with Crippen LogP contribution in [0.5, 0.6) is 11.5 Å². The number of aromatic nitrogens is 3. The molecule has 0 aliphatic carbocycles. The third-order valence-corrected chi connectivity index (χ3v) is 3.31. The van der Waals surface area contributed by atoms with Crippen LogP contribution in [0, 0.1) is 0 Å². The van der Waals surface area contributed by atoms with Gasteiger partial charge in [0.15, 0.2) is 0 Å². The van der Waals surface area contributed by atoms with Crippen LogP contribution in [-0.2, 0) is 6.42 Å². The van der Waals surface area contributed by atoms with Crippen molar-refractivity contribution in [3.05, 3.63) is 65.7 Å². The zero-order valence-electron chi connectivity index (χ0n) is 11.5. The summed E-state index contributed by atoms with van der Waals surface area (Å²) in [7, 11) is 0. The van der Waals surface area contributed by atoms with Gasteiger partial charge in [0.1, 0.15) is 17.3 Å². The third kappa shape index (κ3) is 2.90.